The number of thiazole rings is 1. The van der Waals surface area contributed by atoms with E-state index >= 15 is 0 Å². The van der Waals surface area contributed by atoms with Crippen LogP contribution in [0.1, 0.15) is 10.4 Å². The summed E-state index contributed by atoms with van der Waals surface area (Å²) in [6, 6.07) is 6.10. The standard InChI is InChI=1S/C11H7FN2OS/c12-10-2-1-3-11(9(10)4-13)15-6-8-5-14-7-16-8/h1-3,5,7H,6H2. The highest BCUT2D eigenvalue weighted by Gasteiger charge is 2.08. The molecule has 1 aromatic carbocycles. The second kappa shape index (κ2) is 4.73. The first-order valence-corrected chi connectivity index (χ1v) is 5.38. The number of halogens is 1. The summed E-state index contributed by atoms with van der Waals surface area (Å²) < 4.78 is 18.6. The molecule has 0 atom stereocenters. The van der Waals surface area contributed by atoms with Crippen LogP contribution in [0.25, 0.3) is 0 Å². The molecular weight excluding hydrogens is 227 g/mol. The van der Waals surface area contributed by atoms with Crippen LogP contribution in [0.3, 0.4) is 0 Å². The molecule has 0 bridgehead atoms. The topological polar surface area (TPSA) is 45.9 Å². The van der Waals surface area contributed by atoms with Crippen molar-refractivity contribution in [3.63, 3.8) is 0 Å². The van der Waals surface area contributed by atoms with Crippen molar-refractivity contribution >= 4 is 11.3 Å². The van der Waals surface area contributed by atoms with Gasteiger partial charge in [0, 0.05) is 6.20 Å². The molecule has 80 valence electrons. The van der Waals surface area contributed by atoms with Gasteiger partial charge >= 0.3 is 0 Å². The number of nitriles is 1. The Morgan fingerprint density at radius 3 is 3.06 bits per heavy atom. The van der Waals surface area contributed by atoms with Gasteiger partial charge in [-0.05, 0) is 12.1 Å². The fourth-order valence-corrected chi connectivity index (χ4v) is 1.70. The predicted octanol–water partition coefficient (Wildman–Crippen LogP) is 2.73. The number of aromatic nitrogens is 1. The molecule has 0 aliphatic rings. The monoisotopic (exact) mass is 234 g/mol. The largest absolute Gasteiger partial charge is 0.487 e. The first kappa shape index (κ1) is 10.6. The molecule has 2 aromatic rings. The maximum Gasteiger partial charge on any atom is 0.144 e. The number of nitrogens with zero attached hydrogens (tertiary/aromatic N) is 2. The molecule has 0 aliphatic heterocycles. The van der Waals surface area contributed by atoms with Crippen molar-refractivity contribution in [3.05, 3.63) is 46.2 Å². The van der Waals surface area contributed by atoms with Crippen molar-refractivity contribution in [2.24, 2.45) is 0 Å². The van der Waals surface area contributed by atoms with Gasteiger partial charge in [-0.25, -0.2) is 4.39 Å². The summed E-state index contributed by atoms with van der Waals surface area (Å²) in [5.41, 5.74) is 1.63. The molecule has 0 spiro atoms. The van der Waals surface area contributed by atoms with Crippen molar-refractivity contribution < 1.29 is 9.13 Å². The van der Waals surface area contributed by atoms with Crippen LogP contribution in [0.5, 0.6) is 5.75 Å². The minimum atomic E-state index is -0.565. The Labute approximate surface area is 95.8 Å². The van der Waals surface area contributed by atoms with E-state index in [2.05, 4.69) is 4.98 Å². The van der Waals surface area contributed by atoms with Crippen molar-refractivity contribution in [1.82, 2.24) is 4.98 Å². The molecule has 0 N–H and O–H groups in total. The van der Waals surface area contributed by atoms with Crippen LogP contribution in [-0.4, -0.2) is 4.98 Å². The normalized spacial score (nSPS) is 9.75. The zero-order chi connectivity index (χ0) is 11.4. The molecule has 0 fully saturated rings. The molecule has 1 aromatic heterocycles. The summed E-state index contributed by atoms with van der Waals surface area (Å²) in [4.78, 5) is 4.82. The van der Waals surface area contributed by atoms with Crippen LogP contribution < -0.4 is 4.74 Å². The van der Waals surface area contributed by atoms with Crippen LogP contribution in [-0.2, 0) is 6.61 Å². The summed E-state index contributed by atoms with van der Waals surface area (Å²) in [5, 5.41) is 8.78. The average molecular weight is 234 g/mol. The van der Waals surface area contributed by atoms with E-state index in [1.165, 1.54) is 23.5 Å². The Morgan fingerprint density at radius 2 is 2.38 bits per heavy atom. The lowest BCUT2D eigenvalue weighted by atomic mass is 10.2. The lowest BCUT2D eigenvalue weighted by Crippen LogP contribution is -1.97. The zero-order valence-electron chi connectivity index (χ0n) is 8.18. The van der Waals surface area contributed by atoms with Gasteiger partial charge in [0.2, 0.25) is 0 Å². The van der Waals surface area contributed by atoms with Gasteiger partial charge in [-0.1, -0.05) is 6.07 Å². The fourth-order valence-electron chi connectivity index (χ4n) is 1.20. The maximum absolute atomic E-state index is 13.2. The van der Waals surface area contributed by atoms with E-state index in [9.17, 15) is 4.39 Å². The summed E-state index contributed by atoms with van der Waals surface area (Å²) in [5.74, 6) is -0.305. The van der Waals surface area contributed by atoms with Crippen LogP contribution in [0.4, 0.5) is 4.39 Å². The van der Waals surface area contributed by atoms with Crippen molar-refractivity contribution in [2.45, 2.75) is 6.61 Å². The third kappa shape index (κ3) is 2.18. The summed E-state index contributed by atoms with van der Waals surface area (Å²) in [6.45, 7) is 0.294. The maximum atomic E-state index is 13.2. The number of rotatable bonds is 3. The molecule has 2 rings (SSSR count). The van der Waals surface area contributed by atoms with Crippen LogP contribution in [0, 0.1) is 17.1 Å². The van der Waals surface area contributed by atoms with Gasteiger partial charge in [-0.2, -0.15) is 5.26 Å². The third-order valence-electron chi connectivity index (χ3n) is 1.94. The third-order valence-corrected chi connectivity index (χ3v) is 2.69. The van der Waals surface area contributed by atoms with Crippen LogP contribution in [0.2, 0.25) is 0 Å². The van der Waals surface area contributed by atoms with Gasteiger partial charge < -0.3 is 4.74 Å². The zero-order valence-corrected chi connectivity index (χ0v) is 9.00. The first-order chi connectivity index (χ1) is 7.81. The van der Waals surface area contributed by atoms with E-state index in [0.29, 0.717) is 6.61 Å². The van der Waals surface area contributed by atoms with Gasteiger partial charge in [0.1, 0.15) is 29.8 Å². The van der Waals surface area contributed by atoms with Gasteiger partial charge in [0.15, 0.2) is 0 Å². The van der Waals surface area contributed by atoms with Crippen molar-refractivity contribution in [3.8, 4) is 11.8 Å². The summed E-state index contributed by atoms with van der Waals surface area (Å²) >= 11 is 1.45. The van der Waals surface area contributed by atoms with Crippen LogP contribution in [0.15, 0.2) is 29.9 Å². The Bertz CT molecular complexity index is 519. The highest BCUT2D eigenvalue weighted by molar-refractivity contribution is 7.09. The van der Waals surface area contributed by atoms with Crippen molar-refractivity contribution in [2.75, 3.05) is 0 Å². The fraction of sp³-hybridized carbons (Fsp3) is 0.0909. The van der Waals surface area contributed by atoms with Crippen LogP contribution >= 0.6 is 11.3 Å². The highest BCUT2D eigenvalue weighted by Crippen LogP contribution is 2.21. The second-order valence-corrected chi connectivity index (χ2v) is 3.95. The highest BCUT2D eigenvalue weighted by atomic mass is 32.1. The first-order valence-electron chi connectivity index (χ1n) is 4.50. The average Bonchev–Trinajstić information content (AvgIpc) is 2.79. The molecule has 16 heavy (non-hydrogen) atoms. The Kier molecular flexibility index (Phi) is 3.13. The van der Waals surface area contributed by atoms with Gasteiger partial charge in [-0.15, -0.1) is 11.3 Å². The molecular formula is C11H7FN2OS. The van der Waals surface area contributed by atoms with E-state index in [1.54, 1.807) is 23.8 Å². The van der Waals surface area contributed by atoms with Gasteiger partial charge in [0.25, 0.3) is 0 Å². The SMILES string of the molecule is N#Cc1c(F)cccc1OCc1cncs1. The number of benzene rings is 1. The lowest BCUT2D eigenvalue weighted by Gasteiger charge is -2.06. The minimum absolute atomic E-state index is 0.0629. The second-order valence-electron chi connectivity index (χ2n) is 2.98. The molecule has 5 heteroatoms. The molecule has 0 amide bonds. The molecule has 0 aliphatic carbocycles. The lowest BCUT2D eigenvalue weighted by molar-refractivity contribution is 0.307. The predicted molar refractivity (Wildman–Crippen MR) is 57.6 cm³/mol. The van der Waals surface area contributed by atoms with Gasteiger partial charge in [0.05, 0.1) is 10.4 Å². The van der Waals surface area contributed by atoms with Crippen molar-refractivity contribution in [1.29, 1.82) is 5.26 Å². The molecule has 0 radical (unpaired) electrons. The van der Waals surface area contributed by atoms with E-state index in [1.807, 2.05) is 0 Å². The molecule has 0 saturated heterocycles. The quantitative estimate of drug-likeness (QED) is 0.820. The summed E-state index contributed by atoms with van der Waals surface area (Å²) in [6.07, 6.45) is 1.68. The number of hydrogen-bond donors (Lipinski definition) is 0. The molecule has 3 nitrogen and oxygen atoms in total. The summed E-state index contributed by atoms with van der Waals surface area (Å²) in [7, 11) is 0. The number of hydrogen-bond acceptors (Lipinski definition) is 4. The Hall–Kier alpha value is -1.93. The van der Waals surface area contributed by atoms with E-state index in [4.69, 9.17) is 10.00 Å². The molecule has 1 heterocycles. The van der Waals surface area contributed by atoms with Gasteiger partial charge in [-0.3, -0.25) is 4.98 Å². The minimum Gasteiger partial charge on any atom is -0.487 e. The Balaban J connectivity index is 2.16. The van der Waals surface area contributed by atoms with E-state index in [-0.39, 0.29) is 11.3 Å². The Morgan fingerprint density at radius 1 is 1.50 bits per heavy atom. The number of ether oxygens (including phenoxy) is 1. The molecule has 0 saturated carbocycles. The molecule has 0 unspecified atom stereocenters. The van der Waals surface area contributed by atoms with E-state index < -0.39 is 5.82 Å². The van der Waals surface area contributed by atoms with E-state index in [0.717, 1.165) is 4.88 Å². The smallest absolute Gasteiger partial charge is 0.144 e.